The molecular formula is C16H20ClN3O4. The van der Waals surface area contributed by atoms with Crippen molar-refractivity contribution in [3.8, 4) is 0 Å². The Bertz CT molecular complexity index is 656. The minimum absolute atomic E-state index is 0. The van der Waals surface area contributed by atoms with Crippen molar-refractivity contribution < 1.29 is 19.1 Å². The van der Waals surface area contributed by atoms with Crippen LogP contribution >= 0.6 is 12.4 Å². The van der Waals surface area contributed by atoms with Gasteiger partial charge >= 0.3 is 12.0 Å². The van der Waals surface area contributed by atoms with Crippen LogP contribution in [0.15, 0.2) is 24.3 Å². The molecule has 0 unspecified atom stereocenters. The van der Waals surface area contributed by atoms with Crippen LogP contribution in [0, 0.1) is 0 Å². The van der Waals surface area contributed by atoms with Gasteiger partial charge in [-0.05, 0) is 50.2 Å². The van der Waals surface area contributed by atoms with E-state index in [0.717, 1.165) is 0 Å². The van der Waals surface area contributed by atoms with E-state index in [2.05, 4.69) is 10.1 Å². The van der Waals surface area contributed by atoms with Gasteiger partial charge in [0.15, 0.2) is 0 Å². The first-order chi connectivity index (χ1) is 11.0. The first kappa shape index (κ1) is 18.2. The third-order valence-electron chi connectivity index (χ3n) is 4.59. The molecule has 8 heteroatoms. The van der Waals surface area contributed by atoms with Crippen LogP contribution in [0.25, 0.3) is 0 Å². The predicted octanol–water partition coefficient (Wildman–Crippen LogP) is 1.42. The van der Waals surface area contributed by atoms with Crippen molar-refractivity contribution in [3.05, 3.63) is 29.8 Å². The van der Waals surface area contributed by atoms with Gasteiger partial charge in [0.05, 0.1) is 12.7 Å². The Labute approximate surface area is 146 Å². The van der Waals surface area contributed by atoms with Crippen LogP contribution in [0.1, 0.15) is 23.2 Å². The summed E-state index contributed by atoms with van der Waals surface area (Å²) >= 11 is 0. The van der Waals surface area contributed by atoms with Gasteiger partial charge in [0.2, 0.25) is 0 Å². The Hall–Kier alpha value is -2.12. The molecule has 0 radical (unpaired) electrons. The minimum Gasteiger partial charge on any atom is -0.465 e. The third-order valence-corrected chi connectivity index (χ3v) is 4.59. The third kappa shape index (κ3) is 2.63. The number of anilines is 1. The van der Waals surface area contributed by atoms with E-state index in [9.17, 15) is 14.4 Å². The number of hydrogen-bond acceptors (Lipinski definition) is 5. The zero-order valence-corrected chi connectivity index (χ0v) is 14.4. The molecule has 3 rings (SSSR count). The summed E-state index contributed by atoms with van der Waals surface area (Å²) in [5, 5.41) is 3.22. The van der Waals surface area contributed by atoms with Gasteiger partial charge in [-0.25, -0.2) is 9.59 Å². The number of likely N-dealkylation sites (N-methyl/N-ethyl adjacent to an activating group) is 1. The molecular weight excluding hydrogens is 334 g/mol. The number of carbonyl (C=O) groups is 3. The lowest BCUT2D eigenvalue weighted by atomic mass is 9.86. The number of nitrogens with zero attached hydrogens (tertiary/aromatic N) is 2. The van der Waals surface area contributed by atoms with Gasteiger partial charge in [-0.2, -0.15) is 0 Å². The Morgan fingerprint density at radius 3 is 2.29 bits per heavy atom. The van der Waals surface area contributed by atoms with Crippen molar-refractivity contribution in [1.82, 2.24) is 10.2 Å². The average molecular weight is 354 g/mol. The van der Waals surface area contributed by atoms with E-state index in [4.69, 9.17) is 0 Å². The monoisotopic (exact) mass is 353 g/mol. The van der Waals surface area contributed by atoms with E-state index < -0.39 is 11.5 Å². The Balaban J connectivity index is 0.00000208. The number of amides is 3. The number of hydrogen-bond donors (Lipinski definition) is 1. The number of benzene rings is 1. The van der Waals surface area contributed by atoms with Gasteiger partial charge < -0.3 is 10.1 Å². The number of urea groups is 1. The smallest absolute Gasteiger partial charge is 0.337 e. The Morgan fingerprint density at radius 2 is 1.75 bits per heavy atom. The molecule has 0 bridgehead atoms. The van der Waals surface area contributed by atoms with Gasteiger partial charge in [0.1, 0.15) is 5.54 Å². The molecule has 1 aromatic rings. The summed E-state index contributed by atoms with van der Waals surface area (Å²) < 4.78 is 4.68. The van der Waals surface area contributed by atoms with Crippen molar-refractivity contribution in [3.63, 3.8) is 0 Å². The molecule has 3 amide bonds. The van der Waals surface area contributed by atoms with Crippen LogP contribution in [0.4, 0.5) is 10.5 Å². The lowest BCUT2D eigenvalue weighted by molar-refractivity contribution is -0.130. The highest BCUT2D eigenvalue weighted by atomic mass is 35.5. The van der Waals surface area contributed by atoms with Crippen LogP contribution in [0.3, 0.4) is 0 Å². The molecule has 0 saturated carbocycles. The van der Waals surface area contributed by atoms with Crippen molar-refractivity contribution >= 4 is 36.0 Å². The number of piperidine rings is 1. The van der Waals surface area contributed by atoms with Crippen molar-refractivity contribution in [1.29, 1.82) is 0 Å². The van der Waals surface area contributed by atoms with Gasteiger partial charge in [0.25, 0.3) is 5.91 Å². The maximum Gasteiger partial charge on any atom is 0.337 e. The largest absolute Gasteiger partial charge is 0.465 e. The fourth-order valence-electron chi connectivity index (χ4n) is 3.33. The maximum atomic E-state index is 12.7. The van der Waals surface area contributed by atoms with Crippen LogP contribution in [-0.4, -0.2) is 55.6 Å². The van der Waals surface area contributed by atoms with E-state index in [1.165, 1.54) is 19.1 Å². The summed E-state index contributed by atoms with van der Waals surface area (Å²) in [6.45, 7) is 1.37. The van der Waals surface area contributed by atoms with Crippen molar-refractivity contribution in [2.75, 3.05) is 32.1 Å². The van der Waals surface area contributed by atoms with E-state index in [1.807, 2.05) is 0 Å². The molecule has 0 aliphatic carbocycles. The van der Waals surface area contributed by atoms with E-state index >= 15 is 0 Å². The average Bonchev–Trinajstić information content (AvgIpc) is 2.77. The number of esters is 1. The fourth-order valence-corrected chi connectivity index (χ4v) is 3.33. The maximum absolute atomic E-state index is 12.7. The van der Waals surface area contributed by atoms with Gasteiger partial charge in [-0.1, -0.05) is 0 Å². The zero-order valence-electron chi connectivity index (χ0n) is 13.6. The van der Waals surface area contributed by atoms with E-state index in [1.54, 1.807) is 29.2 Å². The summed E-state index contributed by atoms with van der Waals surface area (Å²) in [4.78, 5) is 39.5. The second-order valence-corrected chi connectivity index (χ2v) is 5.80. The Morgan fingerprint density at radius 1 is 1.17 bits per heavy atom. The number of carbonyl (C=O) groups excluding carboxylic acids is 3. The Kier molecular flexibility index (Phi) is 5.15. The van der Waals surface area contributed by atoms with Crippen molar-refractivity contribution in [2.24, 2.45) is 0 Å². The van der Waals surface area contributed by atoms with Gasteiger partial charge in [-0.3, -0.25) is 14.6 Å². The van der Waals surface area contributed by atoms with Crippen LogP contribution in [0.5, 0.6) is 0 Å². The topological polar surface area (TPSA) is 79.0 Å². The summed E-state index contributed by atoms with van der Waals surface area (Å²) in [6.07, 6.45) is 1.14. The second kappa shape index (κ2) is 6.78. The molecule has 2 fully saturated rings. The molecule has 7 nitrogen and oxygen atoms in total. The standard InChI is InChI=1S/C16H19N3O4.ClH/c1-18-14(21)16(7-9-17-10-8-16)19(15(18)22)12-5-3-11(4-6-12)13(20)23-2;/h3-6,17H,7-10H2,1-2H3;1H. The zero-order chi connectivity index (χ0) is 16.6. The molecule has 2 aliphatic rings. The summed E-state index contributed by atoms with van der Waals surface area (Å²) in [7, 11) is 2.83. The highest BCUT2D eigenvalue weighted by molar-refractivity contribution is 6.16. The second-order valence-electron chi connectivity index (χ2n) is 5.80. The first-order valence-corrected chi connectivity index (χ1v) is 7.53. The minimum atomic E-state index is -0.829. The molecule has 0 aromatic heterocycles. The molecule has 2 heterocycles. The number of halogens is 1. The summed E-state index contributed by atoms with van der Waals surface area (Å²) in [5.41, 5.74) is 0.188. The molecule has 24 heavy (non-hydrogen) atoms. The molecule has 1 spiro atoms. The van der Waals surface area contributed by atoms with E-state index in [0.29, 0.717) is 37.2 Å². The van der Waals surface area contributed by atoms with Crippen LogP contribution < -0.4 is 10.2 Å². The normalized spacial score (nSPS) is 19.4. The molecule has 2 saturated heterocycles. The number of nitrogens with one attached hydrogen (secondary N) is 1. The number of methoxy groups -OCH3 is 1. The number of ether oxygens (including phenoxy) is 1. The lowest BCUT2D eigenvalue weighted by Gasteiger charge is -2.38. The molecule has 2 aliphatic heterocycles. The fraction of sp³-hybridized carbons (Fsp3) is 0.438. The van der Waals surface area contributed by atoms with Gasteiger partial charge in [-0.15, -0.1) is 12.4 Å². The summed E-state index contributed by atoms with van der Waals surface area (Å²) in [6, 6.07) is 6.24. The first-order valence-electron chi connectivity index (χ1n) is 7.53. The van der Waals surface area contributed by atoms with Crippen molar-refractivity contribution in [2.45, 2.75) is 18.4 Å². The quantitative estimate of drug-likeness (QED) is 0.642. The van der Waals surface area contributed by atoms with Crippen LogP contribution in [-0.2, 0) is 9.53 Å². The molecule has 1 aromatic carbocycles. The molecule has 0 atom stereocenters. The lowest BCUT2D eigenvalue weighted by Crippen LogP contribution is -2.56. The SMILES string of the molecule is COC(=O)c1ccc(N2C(=O)N(C)C(=O)C23CCNCC3)cc1.Cl. The van der Waals surface area contributed by atoms with Gasteiger partial charge in [0, 0.05) is 12.7 Å². The van der Waals surface area contributed by atoms with Crippen LogP contribution in [0.2, 0.25) is 0 Å². The highest BCUT2D eigenvalue weighted by Gasteiger charge is 2.56. The summed E-state index contributed by atoms with van der Waals surface area (Å²) in [5.74, 6) is -0.602. The highest BCUT2D eigenvalue weighted by Crippen LogP contribution is 2.38. The molecule has 130 valence electrons. The number of rotatable bonds is 2. The molecule has 1 N–H and O–H groups in total. The predicted molar refractivity (Wildman–Crippen MR) is 90.5 cm³/mol. The number of imide groups is 1. The van der Waals surface area contributed by atoms with E-state index in [-0.39, 0.29) is 24.3 Å².